The SMILES string of the molecule is Nc1scnc1CN1CCOc2ccccc21. The lowest BCUT2D eigenvalue weighted by Gasteiger charge is -2.30. The number of aromatic nitrogens is 1. The van der Waals surface area contributed by atoms with Crippen LogP contribution in [0.2, 0.25) is 0 Å². The van der Waals surface area contributed by atoms with E-state index in [0.29, 0.717) is 6.61 Å². The third-order valence-electron chi connectivity index (χ3n) is 2.84. The first-order valence-corrected chi connectivity index (χ1v) is 6.37. The van der Waals surface area contributed by atoms with Gasteiger partial charge in [-0.3, -0.25) is 0 Å². The van der Waals surface area contributed by atoms with Gasteiger partial charge >= 0.3 is 0 Å². The van der Waals surface area contributed by atoms with Crippen LogP contribution in [-0.2, 0) is 6.54 Å². The Morgan fingerprint density at radius 3 is 3.12 bits per heavy atom. The summed E-state index contributed by atoms with van der Waals surface area (Å²) in [7, 11) is 0. The molecule has 4 nitrogen and oxygen atoms in total. The van der Waals surface area contributed by atoms with E-state index in [1.807, 2.05) is 18.2 Å². The van der Waals surface area contributed by atoms with Gasteiger partial charge in [0.05, 0.1) is 30.0 Å². The summed E-state index contributed by atoms with van der Waals surface area (Å²) in [6.07, 6.45) is 0. The van der Waals surface area contributed by atoms with Crippen molar-refractivity contribution in [3.8, 4) is 5.75 Å². The highest BCUT2D eigenvalue weighted by Crippen LogP contribution is 2.32. The second kappa shape index (κ2) is 4.25. The summed E-state index contributed by atoms with van der Waals surface area (Å²) in [5.41, 5.74) is 9.73. The van der Waals surface area contributed by atoms with Crippen LogP contribution in [0.1, 0.15) is 5.69 Å². The van der Waals surface area contributed by atoms with Crippen molar-refractivity contribution in [2.45, 2.75) is 6.54 Å². The number of nitrogen functional groups attached to an aromatic ring is 1. The highest BCUT2D eigenvalue weighted by Gasteiger charge is 2.18. The van der Waals surface area contributed by atoms with E-state index in [1.54, 1.807) is 5.51 Å². The maximum atomic E-state index is 5.88. The Morgan fingerprint density at radius 2 is 2.29 bits per heavy atom. The quantitative estimate of drug-likeness (QED) is 0.883. The molecule has 2 heterocycles. The number of hydrogen-bond donors (Lipinski definition) is 1. The maximum Gasteiger partial charge on any atom is 0.142 e. The lowest BCUT2D eigenvalue weighted by molar-refractivity contribution is 0.307. The molecular formula is C12H13N3OS. The summed E-state index contributed by atoms with van der Waals surface area (Å²) in [5.74, 6) is 0.938. The molecule has 1 aromatic carbocycles. The molecule has 17 heavy (non-hydrogen) atoms. The van der Waals surface area contributed by atoms with E-state index < -0.39 is 0 Å². The van der Waals surface area contributed by atoms with Gasteiger partial charge in [-0.25, -0.2) is 4.98 Å². The van der Waals surface area contributed by atoms with Crippen molar-refractivity contribution in [2.24, 2.45) is 0 Å². The minimum absolute atomic E-state index is 0.709. The fourth-order valence-electron chi connectivity index (χ4n) is 1.97. The number of rotatable bonds is 2. The number of anilines is 2. The van der Waals surface area contributed by atoms with E-state index in [1.165, 1.54) is 11.3 Å². The monoisotopic (exact) mass is 247 g/mol. The van der Waals surface area contributed by atoms with Gasteiger partial charge in [-0.05, 0) is 12.1 Å². The van der Waals surface area contributed by atoms with Gasteiger partial charge in [0.2, 0.25) is 0 Å². The summed E-state index contributed by atoms with van der Waals surface area (Å²) < 4.78 is 5.61. The smallest absolute Gasteiger partial charge is 0.142 e. The third-order valence-corrected chi connectivity index (χ3v) is 3.54. The molecule has 0 radical (unpaired) electrons. The minimum Gasteiger partial charge on any atom is -0.490 e. The van der Waals surface area contributed by atoms with E-state index in [9.17, 15) is 0 Å². The summed E-state index contributed by atoms with van der Waals surface area (Å²) in [5, 5.41) is 0.800. The summed E-state index contributed by atoms with van der Waals surface area (Å²) in [6.45, 7) is 2.32. The molecular weight excluding hydrogens is 234 g/mol. The van der Waals surface area contributed by atoms with Crippen molar-refractivity contribution in [1.29, 1.82) is 0 Å². The molecule has 2 N–H and O–H groups in total. The number of thiazole rings is 1. The average Bonchev–Trinajstić information content (AvgIpc) is 2.76. The number of nitrogens with zero attached hydrogens (tertiary/aromatic N) is 2. The van der Waals surface area contributed by atoms with Crippen LogP contribution >= 0.6 is 11.3 Å². The van der Waals surface area contributed by atoms with Gasteiger partial charge in [0.1, 0.15) is 17.4 Å². The van der Waals surface area contributed by atoms with Gasteiger partial charge in [-0.15, -0.1) is 11.3 Å². The second-order valence-electron chi connectivity index (χ2n) is 3.90. The third kappa shape index (κ3) is 1.93. The van der Waals surface area contributed by atoms with E-state index in [0.717, 1.165) is 35.2 Å². The molecule has 0 fully saturated rings. The Hall–Kier alpha value is -1.75. The van der Waals surface area contributed by atoms with E-state index >= 15 is 0 Å². The molecule has 0 amide bonds. The van der Waals surface area contributed by atoms with Crippen LogP contribution in [-0.4, -0.2) is 18.1 Å². The van der Waals surface area contributed by atoms with Crippen molar-refractivity contribution < 1.29 is 4.74 Å². The minimum atomic E-state index is 0.709. The lowest BCUT2D eigenvalue weighted by Crippen LogP contribution is -2.32. The lowest BCUT2D eigenvalue weighted by atomic mass is 10.2. The van der Waals surface area contributed by atoms with Crippen molar-refractivity contribution in [2.75, 3.05) is 23.8 Å². The highest BCUT2D eigenvalue weighted by molar-refractivity contribution is 7.13. The number of fused-ring (bicyclic) bond motifs is 1. The van der Waals surface area contributed by atoms with Crippen LogP contribution in [0.3, 0.4) is 0 Å². The fourth-order valence-corrected chi connectivity index (χ4v) is 2.52. The number of benzene rings is 1. The van der Waals surface area contributed by atoms with E-state index in [2.05, 4.69) is 16.0 Å². The van der Waals surface area contributed by atoms with Gasteiger partial charge in [0.25, 0.3) is 0 Å². The van der Waals surface area contributed by atoms with Gasteiger partial charge in [-0.1, -0.05) is 12.1 Å². The zero-order valence-corrected chi connectivity index (χ0v) is 10.1. The van der Waals surface area contributed by atoms with Crippen LogP contribution in [0.15, 0.2) is 29.8 Å². The first-order chi connectivity index (χ1) is 8.34. The normalized spacial score (nSPS) is 14.2. The second-order valence-corrected chi connectivity index (χ2v) is 4.79. The molecule has 0 unspecified atom stereocenters. The Morgan fingerprint density at radius 1 is 1.41 bits per heavy atom. The molecule has 1 aromatic heterocycles. The largest absolute Gasteiger partial charge is 0.490 e. The topological polar surface area (TPSA) is 51.4 Å². The first-order valence-electron chi connectivity index (χ1n) is 5.49. The van der Waals surface area contributed by atoms with Crippen LogP contribution in [0.5, 0.6) is 5.75 Å². The average molecular weight is 247 g/mol. The Kier molecular flexibility index (Phi) is 2.60. The number of hydrogen-bond acceptors (Lipinski definition) is 5. The maximum absolute atomic E-state index is 5.88. The summed E-state index contributed by atoms with van der Waals surface area (Å²) >= 11 is 1.48. The van der Waals surface area contributed by atoms with Gasteiger partial charge in [0, 0.05) is 0 Å². The van der Waals surface area contributed by atoms with Gasteiger partial charge in [0.15, 0.2) is 0 Å². The van der Waals surface area contributed by atoms with Crippen LogP contribution < -0.4 is 15.4 Å². The molecule has 88 valence electrons. The number of para-hydroxylation sites is 2. The molecule has 2 aromatic rings. The number of ether oxygens (including phenoxy) is 1. The van der Waals surface area contributed by atoms with Crippen LogP contribution in [0, 0.1) is 0 Å². The molecule has 1 aliphatic rings. The predicted molar refractivity (Wildman–Crippen MR) is 69.5 cm³/mol. The first kappa shape index (κ1) is 10.4. The molecule has 0 saturated heterocycles. The zero-order chi connectivity index (χ0) is 11.7. The standard InChI is InChI=1S/C12H13N3OS/c13-12-9(14-8-17-12)7-15-5-6-16-11-4-2-1-3-10(11)15/h1-4,8H,5-7,13H2. The summed E-state index contributed by atoms with van der Waals surface area (Å²) in [6, 6.07) is 8.06. The molecule has 0 bridgehead atoms. The molecule has 3 rings (SSSR count). The Labute approximate surface area is 104 Å². The molecule has 1 aliphatic heterocycles. The van der Waals surface area contributed by atoms with Crippen LogP contribution in [0.4, 0.5) is 10.7 Å². The molecule has 0 aliphatic carbocycles. The van der Waals surface area contributed by atoms with E-state index in [-0.39, 0.29) is 0 Å². The van der Waals surface area contributed by atoms with Crippen molar-refractivity contribution in [3.63, 3.8) is 0 Å². The Balaban J connectivity index is 1.88. The molecule has 0 saturated carbocycles. The highest BCUT2D eigenvalue weighted by atomic mass is 32.1. The molecule has 0 spiro atoms. The Bertz CT molecular complexity index is 526. The van der Waals surface area contributed by atoms with Crippen molar-refractivity contribution in [3.05, 3.63) is 35.5 Å². The van der Waals surface area contributed by atoms with E-state index in [4.69, 9.17) is 10.5 Å². The fraction of sp³-hybridized carbons (Fsp3) is 0.250. The van der Waals surface area contributed by atoms with Crippen molar-refractivity contribution >= 4 is 22.0 Å². The summed E-state index contributed by atoms with van der Waals surface area (Å²) in [4.78, 5) is 6.55. The molecule has 0 atom stereocenters. The van der Waals surface area contributed by atoms with Crippen LogP contribution in [0.25, 0.3) is 0 Å². The van der Waals surface area contributed by atoms with Crippen molar-refractivity contribution in [1.82, 2.24) is 4.98 Å². The zero-order valence-electron chi connectivity index (χ0n) is 9.30. The van der Waals surface area contributed by atoms with Gasteiger partial charge < -0.3 is 15.4 Å². The number of nitrogens with two attached hydrogens (primary N) is 1. The predicted octanol–water partition coefficient (Wildman–Crippen LogP) is 2.12. The molecule has 5 heteroatoms. The van der Waals surface area contributed by atoms with Gasteiger partial charge in [-0.2, -0.15) is 0 Å².